The second kappa shape index (κ2) is 10.2. The Kier molecular flexibility index (Phi) is 7.02. The average molecular weight is 561 g/mol. The number of nitrogens with zero attached hydrogens (tertiary/aromatic N) is 1. The topological polar surface area (TPSA) is 104 Å². The van der Waals surface area contributed by atoms with Crippen LogP contribution in [0.3, 0.4) is 0 Å². The summed E-state index contributed by atoms with van der Waals surface area (Å²) in [5.41, 5.74) is 0.116. The summed E-state index contributed by atoms with van der Waals surface area (Å²) < 4.78 is 14.7. The van der Waals surface area contributed by atoms with Gasteiger partial charge in [-0.15, -0.1) is 34.4 Å². The number of β-lactam (4-membered cyclic amide) rings is 1. The van der Waals surface area contributed by atoms with E-state index in [0.717, 1.165) is 4.88 Å². The van der Waals surface area contributed by atoms with Gasteiger partial charge in [-0.25, -0.2) is 9.18 Å². The molecule has 4 heterocycles. The van der Waals surface area contributed by atoms with Crippen molar-refractivity contribution in [2.45, 2.75) is 22.0 Å². The van der Waals surface area contributed by atoms with E-state index in [2.05, 4.69) is 5.32 Å². The summed E-state index contributed by atoms with van der Waals surface area (Å²) in [6, 6.07) is 8.38. The van der Waals surface area contributed by atoms with E-state index in [1.807, 2.05) is 17.5 Å². The van der Waals surface area contributed by atoms with Crippen LogP contribution in [0.4, 0.5) is 4.39 Å². The summed E-state index contributed by atoms with van der Waals surface area (Å²) in [5.74, 6) is -2.07. The van der Waals surface area contributed by atoms with Crippen LogP contribution >= 0.6 is 46.2 Å². The SMILES string of the molecule is O=C(Cc1cccs1)NC1C(=O)N2C(C(=O)O)=C(C=CSc3cc(=O)c4ccc(F)cc4s3)CS[C@@H]12. The number of carboxylic acids is 1. The van der Waals surface area contributed by atoms with Crippen molar-refractivity contribution >= 4 is 74.1 Å². The Bertz CT molecular complexity index is 1500. The maximum Gasteiger partial charge on any atom is 0.352 e. The summed E-state index contributed by atoms with van der Waals surface area (Å²) >= 11 is 5.30. The third-order valence-corrected chi connectivity index (χ3v) is 9.77. The molecule has 2 amide bonds. The van der Waals surface area contributed by atoms with Gasteiger partial charge in [0.25, 0.3) is 5.91 Å². The number of hydrogen-bond donors (Lipinski definition) is 2. The van der Waals surface area contributed by atoms with Crippen LogP contribution in [0.25, 0.3) is 10.1 Å². The normalized spacial score (nSPS) is 19.5. The number of thiophene rings is 1. The van der Waals surface area contributed by atoms with E-state index < -0.39 is 29.1 Å². The Hall–Kier alpha value is -2.93. The smallest absolute Gasteiger partial charge is 0.352 e. The fourth-order valence-electron chi connectivity index (χ4n) is 3.92. The van der Waals surface area contributed by atoms with Gasteiger partial charge in [0.15, 0.2) is 5.43 Å². The largest absolute Gasteiger partial charge is 0.477 e. The lowest BCUT2D eigenvalue weighted by atomic mass is 10.0. The fourth-order valence-corrected chi connectivity index (χ4v) is 7.94. The molecule has 36 heavy (non-hydrogen) atoms. The molecule has 2 aliphatic heterocycles. The second-order valence-electron chi connectivity index (χ2n) is 7.88. The molecule has 7 nitrogen and oxygen atoms in total. The lowest BCUT2D eigenvalue weighted by Gasteiger charge is -2.49. The molecule has 1 fully saturated rings. The van der Waals surface area contributed by atoms with Crippen molar-refractivity contribution in [2.24, 2.45) is 0 Å². The Morgan fingerprint density at radius 3 is 2.83 bits per heavy atom. The maximum absolute atomic E-state index is 13.6. The van der Waals surface area contributed by atoms with E-state index in [1.54, 1.807) is 11.5 Å². The molecule has 2 atom stereocenters. The predicted octanol–water partition coefficient (Wildman–Crippen LogP) is 4.05. The van der Waals surface area contributed by atoms with E-state index >= 15 is 0 Å². The zero-order chi connectivity index (χ0) is 25.4. The number of rotatable bonds is 7. The first kappa shape index (κ1) is 24.8. The van der Waals surface area contributed by atoms with Gasteiger partial charge < -0.3 is 10.4 Å². The number of carboxylic acid groups (broad SMARTS) is 1. The van der Waals surface area contributed by atoms with Crippen LogP contribution in [0.1, 0.15) is 4.88 Å². The Labute approximate surface area is 220 Å². The highest BCUT2D eigenvalue weighted by atomic mass is 32.2. The summed E-state index contributed by atoms with van der Waals surface area (Å²) in [6.45, 7) is 0. The Morgan fingerprint density at radius 2 is 2.08 bits per heavy atom. The molecule has 1 unspecified atom stereocenters. The molecule has 0 aliphatic carbocycles. The summed E-state index contributed by atoms with van der Waals surface area (Å²) in [7, 11) is 0. The van der Waals surface area contributed by atoms with Crippen LogP contribution in [0.5, 0.6) is 0 Å². The van der Waals surface area contributed by atoms with Gasteiger partial charge in [-0.2, -0.15) is 0 Å². The van der Waals surface area contributed by atoms with Gasteiger partial charge in [0.1, 0.15) is 22.9 Å². The van der Waals surface area contributed by atoms with Gasteiger partial charge in [0, 0.05) is 26.8 Å². The van der Waals surface area contributed by atoms with E-state index in [9.17, 15) is 28.7 Å². The maximum atomic E-state index is 13.6. The van der Waals surface area contributed by atoms with Crippen LogP contribution in [0, 0.1) is 5.82 Å². The average Bonchev–Trinajstić information content (AvgIpc) is 3.34. The minimum absolute atomic E-state index is 0.113. The summed E-state index contributed by atoms with van der Waals surface area (Å²) in [4.78, 5) is 51.6. The van der Waals surface area contributed by atoms with Crippen LogP contribution in [-0.4, -0.2) is 45.0 Å². The number of nitrogens with one attached hydrogen (secondary N) is 1. The van der Waals surface area contributed by atoms with Gasteiger partial charge in [0.2, 0.25) is 5.91 Å². The molecular formula is C24H17FN2O5S4. The molecule has 12 heteroatoms. The van der Waals surface area contributed by atoms with Gasteiger partial charge in [-0.1, -0.05) is 17.8 Å². The van der Waals surface area contributed by atoms with Crippen molar-refractivity contribution in [3.63, 3.8) is 0 Å². The quantitative estimate of drug-likeness (QED) is 0.332. The van der Waals surface area contributed by atoms with Crippen LogP contribution in [0.2, 0.25) is 0 Å². The highest BCUT2D eigenvalue weighted by molar-refractivity contribution is 8.04. The Morgan fingerprint density at radius 1 is 1.25 bits per heavy atom. The van der Waals surface area contributed by atoms with Crippen molar-refractivity contribution < 1.29 is 23.9 Å². The van der Waals surface area contributed by atoms with Gasteiger partial charge >= 0.3 is 5.97 Å². The number of hydrogen-bond acceptors (Lipinski definition) is 8. The molecule has 1 saturated heterocycles. The van der Waals surface area contributed by atoms with Crippen LogP contribution in [0.15, 0.2) is 73.5 Å². The van der Waals surface area contributed by atoms with Crippen LogP contribution < -0.4 is 10.7 Å². The van der Waals surface area contributed by atoms with Crippen molar-refractivity contribution in [3.05, 3.63) is 85.5 Å². The monoisotopic (exact) mass is 560 g/mol. The molecular weight excluding hydrogens is 544 g/mol. The van der Waals surface area contributed by atoms with Crippen molar-refractivity contribution in [3.8, 4) is 0 Å². The molecule has 1 aromatic carbocycles. The van der Waals surface area contributed by atoms with Gasteiger partial charge in [-0.3, -0.25) is 19.3 Å². The first-order valence-corrected chi connectivity index (χ1v) is 14.2. The predicted molar refractivity (Wildman–Crippen MR) is 141 cm³/mol. The third kappa shape index (κ3) is 4.85. The number of allylic oxidation sites excluding steroid dienone is 1. The lowest BCUT2D eigenvalue weighted by molar-refractivity contribution is -0.150. The molecule has 2 N–H and O–H groups in total. The van der Waals surface area contributed by atoms with Crippen molar-refractivity contribution in [1.29, 1.82) is 0 Å². The van der Waals surface area contributed by atoms with Gasteiger partial charge in [-0.05, 0) is 46.7 Å². The third-order valence-electron chi connectivity index (χ3n) is 5.55. The number of amides is 2. The number of benzene rings is 1. The highest BCUT2D eigenvalue weighted by Crippen LogP contribution is 2.41. The van der Waals surface area contributed by atoms with E-state index in [1.165, 1.54) is 75.4 Å². The molecule has 2 aromatic heterocycles. The van der Waals surface area contributed by atoms with Gasteiger partial charge in [0.05, 0.1) is 10.6 Å². The first-order chi connectivity index (χ1) is 17.3. The van der Waals surface area contributed by atoms with E-state index in [-0.39, 0.29) is 23.5 Å². The second-order valence-corrected chi connectivity index (χ2v) is 12.3. The highest BCUT2D eigenvalue weighted by Gasteiger charge is 2.53. The molecule has 0 saturated carbocycles. The number of carbonyl (C=O) groups excluding carboxylic acids is 2. The number of thioether (sulfide) groups is 2. The first-order valence-electron chi connectivity index (χ1n) is 10.6. The lowest BCUT2D eigenvalue weighted by Crippen LogP contribution is -2.70. The zero-order valence-corrected chi connectivity index (χ0v) is 21.6. The Balaban J connectivity index is 1.30. The van der Waals surface area contributed by atoms with Crippen molar-refractivity contribution in [1.82, 2.24) is 10.2 Å². The molecule has 2 aliphatic rings. The standard InChI is InChI=1S/C24H17FN2O5S4/c25-13-3-4-15-16(28)10-19(36-17(15)8-13)34-7-5-12-11-35-23-20(22(30)27(23)21(12)24(31)32)26-18(29)9-14-2-1-6-33-14/h1-8,10,20,23H,9,11H2,(H,26,29)(H,31,32)/t20?,23-/m0/s1. The van der Waals surface area contributed by atoms with Crippen LogP contribution in [-0.2, 0) is 20.8 Å². The molecule has 0 bridgehead atoms. The number of aliphatic carboxylic acids is 1. The summed E-state index contributed by atoms with van der Waals surface area (Å²) in [6.07, 6.45) is 1.78. The molecule has 0 spiro atoms. The molecule has 184 valence electrons. The van der Waals surface area contributed by atoms with E-state index in [4.69, 9.17) is 0 Å². The fraction of sp³-hybridized carbons (Fsp3) is 0.167. The van der Waals surface area contributed by atoms with E-state index in [0.29, 0.717) is 25.6 Å². The minimum Gasteiger partial charge on any atom is -0.477 e. The zero-order valence-electron chi connectivity index (χ0n) is 18.3. The molecule has 3 aromatic rings. The number of halogens is 1. The van der Waals surface area contributed by atoms with Crippen molar-refractivity contribution in [2.75, 3.05) is 5.75 Å². The molecule has 0 radical (unpaired) electrons. The minimum atomic E-state index is -1.23. The number of fused-ring (bicyclic) bond motifs is 2. The number of carbonyl (C=O) groups is 3. The molecule has 5 rings (SSSR count). The summed E-state index contributed by atoms with van der Waals surface area (Å²) in [5, 5.41) is 16.0.